The first kappa shape index (κ1) is 10.9. The minimum absolute atomic E-state index is 0.108. The minimum Gasteiger partial charge on any atom is -0.348 e. The number of nitrogens with zero attached hydrogens (tertiary/aromatic N) is 3. The molecular weight excluding hydrogens is 217 g/mol. The number of rotatable bonds is 2. The van der Waals surface area contributed by atoms with Crippen molar-refractivity contribution in [3.8, 4) is 0 Å². The Morgan fingerprint density at radius 2 is 1.76 bits per heavy atom. The molecule has 2 aliphatic heterocycles. The van der Waals surface area contributed by atoms with Gasteiger partial charge in [0.05, 0.1) is 5.69 Å². The first-order chi connectivity index (χ1) is 8.18. The van der Waals surface area contributed by atoms with Crippen LogP contribution in [-0.4, -0.2) is 22.1 Å². The molecule has 2 fully saturated rings. The van der Waals surface area contributed by atoms with E-state index in [2.05, 4.69) is 14.9 Å². The van der Waals surface area contributed by atoms with E-state index in [0.29, 0.717) is 23.6 Å². The van der Waals surface area contributed by atoms with Gasteiger partial charge in [-0.1, -0.05) is 13.8 Å². The Labute approximate surface area is 101 Å². The van der Waals surface area contributed by atoms with Crippen molar-refractivity contribution in [1.29, 1.82) is 0 Å². The predicted molar refractivity (Wildman–Crippen MR) is 64.6 cm³/mol. The second-order valence-electron chi connectivity index (χ2n) is 5.42. The van der Waals surface area contributed by atoms with Crippen LogP contribution in [0.25, 0.3) is 0 Å². The Balaban J connectivity index is 2.01. The van der Waals surface area contributed by atoms with Crippen LogP contribution in [0.15, 0.2) is 6.33 Å². The molecule has 2 bridgehead atoms. The van der Waals surface area contributed by atoms with E-state index < -0.39 is 0 Å². The van der Waals surface area contributed by atoms with E-state index in [1.54, 1.807) is 0 Å². The molecule has 0 unspecified atom stereocenters. The Kier molecular flexibility index (Phi) is 2.53. The fraction of sp³-hybridized carbons (Fsp3) is 0.692. The lowest BCUT2D eigenvalue weighted by Crippen LogP contribution is -2.30. The van der Waals surface area contributed by atoms with Gasteiger partial charge < -0.3 is 4.90 Å². The third kappa shape index (κ3) is 1.61. The Bertz CT molecular complexity index is 413. The molecule has 3 nitrogen and oxygen atoms in total. The summed E-state index contributed by atoms with van der Waals surface area (Å²) in [4.78, 5) is 10.4. The fourth-order valence-electron chi connectivity index (χ4n) is 3.21. The number of hydrogen-bond donors (Lipinski definition) is 0. The van der Waals surface area contributed by atoms with Gasteiger partial charge in [0, 0.05) is 12.1 Å². The van der Waals surface area contributed by atoms with Crippen molar-refractivity contribution >= 4 is 5.82 Å². The molecule has 0 atom stereocenters. The third-order valence-corrected chi connectivity index (χ3v) is 4.04. The van der Waals surface area contributed by atoms with Gasteiger partial charge in [-0.25, -0.2) is 14.4 Å². The van der Waals surface area contributed by atoms with Crippen LogP contribution >= 0.6 is 0 Å². The summed E-state index contributed by atoms with van der Waals surface area (Å²) in [5.74, 6) is 0.437. The maximum atomic E-state index is 14.4. The summed E-state index contributed by atoms with van der Waals surface area (Å²) in [5.41, 5.74) is 0.543. The van der Waals surface area contributed by atoms with Crippen LogP contribution in [0.5, 0.6) is 0 Å². The Morgan fingerprint density at radius 3 is 2.29 bits per heavy atom. The van der Waals surface area contributed by atoms with Gasteiger partial charge in [0.1, 0.15) is 6.33 Å². The number of halogens is 1. The van der Waals surface area contributed by atoms with Crippen LogP contribution in [0.2, 0.25) is 0 Å². The molecule has 92 valence electrons. The minimum atomic E-state index is -0.207. The molecule has 1 aromatic rings. The fourth-order valence-corrected chi connectivity index (χ4v) is 3.21. The third-order valence-electron chi connectivity index (χ3n) is 4.04. The lowest BCUT2D eigenvalue weighted by Gasteiger charge is -2.24. The second kappa shape index (κ2) is 3.93. The van der Waals surface area contributed by atoms with E-state index in [1.807, 2.05) is 13.8 Å². The molecule has 0 radical (unpaired) electrons. The van der Waals surface area contributed by atoms with Gasteiger partial charge in [0.15, 0.2) is 11.6 Å². The first-order valence-electron chi connectivity index (χ1n) is 6.47. The van der Waals surface area contributed by atoms with Gasteiger partial charge in [-0.2, -0.15) is 0 Å². The summed E-state index contributed by atoms with van der Waals surface area (Å²) < 4.78 is 14.4. The summed E-state index contributed by atoms with van der Waals surface area (Å²) in [6.45, 7) is 3.93. The highest BCUT2D eigenvalue weighted by Gasteiger charge is 2.41. The largest absolute Gasteiger partial charge is 0.348 e. The van der Waals surface area contributed by atoms with Gasteiger partial charge >= 0.3 is 0 Å². The van der Waals surface area contributed by atoms with Gasteiger partial charge in [0.2, 0.25) is 0 Å². The van der Waals surface area contributed by atoms with Gasteiger partial charge in [-0.05, 0) is 31.6 Å². The van der Waals surface area contributed by atoms with E-state index in [4.69, 9.17) is 0 Å². The topological polar surface area (TPSA) is 29.0 Å². The summed E-state index contributed by atoms with van der Waals surface area (Å²) in [7, 11) is 0. The normalized spacial score (nSPS) is 27.2. The van der Waals surface area contributed by atoms with Crippen molar-refractivity contribution in [3.05, 3.63) is 17.8 Å². The van der Waals surface area contributed by atoms with Crippen LogP contribution in [0.1, 0.15) is 51.1 Å². The maximum Gasteiger partial charge on any atom is 0.187 e. The van der Waals surface area contributed by atoms with E-state index in [-0.39, 0.29) is 11.7 Å². The van der Waals surface area contributed by atoms with Crippen LogP contribution in [0, 0.1) is 5.82 Å². The first-order valence-corrected chi connectivity index (χ1v) is 6.47. The molecule has 0 spiro atoms. The van der Waals surface area contributed by atoms with Crippen LogP contribution in [0.4, 0.5) is 10.2 Å². The predicted octanol–water partition coefficient (Wildman–Crippen LogP) is 2.87. The zero-order valence-electron chi connectivity index (χ0n) is 10.4. The van der Waals surface area contributed by atoms with E-state index >= 15 is 0 Å². The average Bonchev–Trinajstić information content (AvgIpc) is 2.88. The molecule has 0 saturated carbocycles. The van der Waals surface area contributed by atoms with Crippen LogP contribution < -0.4 is 4.90 Å². The molecule has 2 aliphatic rings. The van der Waals surface area contributed by atoms with Gasteiger partial charge in [0.25, 0.3) is 0 Å². The molecule has 0 aromatic carbocycles. The smallest absolute Gasteiger partial charge is 0.187 e. The number of aromatic nitrogens is 2. The molecule has 1 aromatic heterocycles. The van der Waals surface area contributed by atoms with Crippen LogP contribution in [0.3, 0.4) is 0 Å². The number of hydrogen-bond acceptors (Lipinski definition) is 3. The molecule has 0 N–H and O–H groups in total. The summed E-state index contributed by atoms with van der Waals surface area (Å²) in [5, 5.41) is 0. The van der Waals surface area contributed by atoms with E-state index in [9.17, 15) is 4.39 Å². The molecule has 2 saturated heterocycles. The molecule has 4 heteroatoms. The molecule has 3 rings (SSSR count). The summed E-state index contributed by atoms with van der Waals surface area (Å²) in [6, 6.07) is 1.01. The molecule has 0 amide bonds. The van der Waals surface area contributed by atoms with Crippen LogP contribution in [-0.2, 0) is 0 Å². The maximum absolute atomic E-state index is 14.4. The van der Waals surface area contributed by atoms with E-state index in [1.165, 1.54) is 32.0 Å². The lowest BCUT2D eigenvalue weighted by atomic mass is 10.0. The highest BCUT2D eigenvalue weighted by Crippen LogP contribution is 2.41. The van der Waals surface area contributed by atoms with Crippen molar-refractivity contribution in [2.75, 3.05) is 4.90 Å². The number of fused-ring (bicyclic) bond motifs is 2. The van der Waals surface area contributed by atoms with Crippen molar-refractivity contribution in [2.45, 2.75) is 57.5 Å². The SMILES string of the molecule is CC(C)c1ncnc(N2C3CCC2CC3)c1F. The zero-order valence-corrected chi connectivity index (χ0v) is 10.4. The van der Waals surface area contributed by atoms with Crippen molar-refractivity contribution in [2.24, 2.45) is 0 Å². The van der Waals surface area contributed by atoms with Gasteiger partial charge in [-0.3, -0.25) is 0 Å². The standard InChI is InChI=1S/C13H18FN3/c1-8(2)12-11(14)13(16-7-15-12)17-9-3-4-10(17)6-5-9/h7-10H,3-6H2,1-2H3. The quantitative estimate of drug-likeness (QED) is 0.789. The van der Waals surface area contributed by atoms with Gasteiger partial charge in [-0.15, -0.1) is 0 Å². The molecule has 0 aliphatic carbocycles. The zero-order chi connectivity index (χ0) is 12.0. The monoisotopic (exact) mass is 235 g/mol. The molecule has 3 heterocycles. The Hall–Kier alpha value is -1.19. The van der Waals surface area contributed by atoms with E-state index in [0.717, 1.165) is 0 Å². The highest BCUT2D eigenvalue weighted by atomic mass is 19.1. The Morgan fingerprint density at radius 1 is 1.18 bits per heavy atom. The molecule has 17 heavy (non-hydrogen) atoms. The highest BCUT2D eigenvalue weighted by molar-refractivity contribution is 5.47. The lowest BCUT2D eigenvalue weighted by molar-refractivity contribution is 0.565. The van der Waals surface area contributed by atoms with Crippen molar-refractivity contribution in [3.63, 3.8) is 0 Å². The number of anilines is 1. The molecular formula is C13H18FN3. The average molecular weight is 235 g/mol. The van der Waals surface area contributed by atoms with Crippen molar-refractivity contribution < 1.29 is 4.39 Å². The summed E-state index contributed by atoms with van der Waals surface area (Å²) in [6.07, 6.45) is 6.25. The second-order valence-corrected chi connectivity index (χ2v) is 5.42. The van der Waals surface area contributed by atoms with Crippen molar-refractivity contribution in [1.82, 2.24) is 9.97 Å². The summed E-state index contributed by atoms with van der Waals surface area (Å²) >= 11 is 0.